The molecule has 0 aromatic carbocycles. The number of hydrogen-bond acceptors (Lipinski definition) is 2. The minimum Gasteiger partial charge on any atom is -0.381 e. The first-order chi connectivity index (χ1) is 6.36. The van der Waals surface area contributed by atoms with Crippen molar-refractivity contribution in [2.24, 2.45) is 5.92 Å². The molecule has 2 heterocycles. The van der Waals surface area contributed by atoms with E-state index >= 15 is 0 Å². The maximum atomic E-state index is 11.7. The van der Waals surface area contributed by atoms with E-state index in [4.69, 9.17) is 4.74 Å². The van der Waals surface area contributed by atoms with E-state index in [1.165, 1.54) is 19.3 Å². The highest BCUT2D eigenvalue weighted by Gasteiger charge is 2.25. The summed E-state index contributed by atoms with van der Waals surface area (Å²) < 4.78 is 5.05. The average molecular weight is 183 g/mol. The quantitative estimate of drug-likeness (QED) is 0.640. The van der Waals surface area contributed by atoms with Crippen LogP contribution < -0.4 is 0 Å². The molecule has 2 saturated heterocycles. The van der Waals surface area contributed by atoms with Crippen molar-refractivity contribution in [2.45, 2.75) is 25.7 Å². The van der Waals surface area contributed by atoms with E-state index < -0.39 is 0 Å². The fourth-order valence-corrected chi connectivity index (χ4v) is 1.92. The van der Waals surface area contributed by atoms with Crippen LogP contribution >= 0.6 is 0 Å². The summed E-state index contributed by atoms with van der Waals surface area (Å²) in [4.78, 5) is 13.7. The van der Waals surface area contributed by atoms with Gasteiger partial charge >= 0.3 is 0 Å². The molecule has 2 aliphatic rings. The third kappa shape index (κ3) is 2.21. The number of rotatable bonds is 2. The van der Waals surface area contributed by atoms with Gasteiger partial charge in [-0.05, 0) is 19.3 Å². The van der Waals surface area contributed by atoms with Gasteiger partial charge in [0.25, 0.3) is 0 Å². The molecule has 3 heteroatoms. The topological polar surface area (TPSA) is 29.5 Å². The molecule has 0 spiro atoms. The van der Waals surface area contributed by atoms with Crippen LogP contribution in [0, 0.1) is 5.92 Å². The van der Waals surface area contributed by atoms with E-state index in [1.807, 2.05) is 4.90 Å². The maximum Gasteiger partial charge on any atom is 0.223 e. The van der Waals surface area contributed by atoms with Gasteiger partial charge in [-0.25, -0.2) is 0 Å². The van der Waals surface area contributed by atoms with Crippen LogP contribution in [0.5, 0.6) is 0 Å². The van der Waals surface area contributed by atoms with Gasteiger partial charge in [0.15, 0.2) is 0 Å². The molecule has 0 N–H and O–H groups in total. The molecule has 0 bridgehead atoms. The Bertz CT molecular complexity index is 183. The van der Waals surface area contributed by atoms with Gasteiger partial charge in [0, 0.05) is 25.4 Å². The summed E-state index contributed by atoms with van der Waals surface area (Å²) in [6.45, 7) is 3.54. The van der Waals surface area contributed by atoms with Crippen LogP contribution in [0.1, 0.15) is 25.7 Å². The van der Waals surface area contributed by atoms with Crippen LogP contribution in [0.2, 0.25) is 0 Å². The molecule has 0 atom stereocenters. The Morgan fingerprint density at radius 2 is 1.92 bits per heavy atom. The monoisotopic (exact) mass is 183 g/mol. The highest BCUT2D eigenvalue weighted by Crippen LogP contribution is 2.17. The van der Waals surface area contributed by atoms with Crippen LogP contribution in [0.25, 0.3) is 0 Å². The second-order valence-electron chi connectivity index (χ2n) is 4.05. The SMILES string of the molecule is O=C(CC1COC1)N1CCCCC1. The first-order valence-electron chi connectivity index (χ1n) is 5.22. The normalized spacial score (nSPS) is 24.2. The van der Waals surface area contributed by atoms with Crippen molar-refractivity contribution in [1.29, 1.82) is 0 Å². The van der Waals surface area contributed by atoms with Gasteiger partial charge in [-0.3, -0.25) is 4.79 Å². The van der Waals surface area contributed by atoms with E-state index in [-0.39, 0.29) is 0 Å². The van der Waals surface area contributed by atoms with Crippen LogP contribution in [0.3, 0.4) is 0 Å². The molecular weight excluding hydrogens is 166 g/mol. The zero-order valence-electron chi connectivity index (χ0n) is 8.00. The molecular formula is C10H17NO2. The first-order valence-corrected chi connectivity index (χ1v) is 5.22. The lowest BCUT2D eigenvalue weighted by atomic mass is 10.0. The number of amides is 1. The van der Waals surface area contributed by atoms with Crippen LogP contribution in [0.15, 0.2) is 0 Å². The van der Waals surface area contributed by atoms with Gasteiger partial charge in [0.2, 0.25) is 5.91 Å². The van der Waals surface area contributed by atoms with Crippen molar-refractivity contribution in [3.63, 3.8) is 0 Å². The van der Waals surface area contributed by atoms with Crippen molar-refractivity contribution >= 4 is 5.91 Å². The Balaban J connectivity index is 1.74. The summed E-state index contributed by atoms with van der Waals surface area (Å²) in [6.07, 6.45) is 4.37. The van der Waals surface area contributed by atoms with Crippen molar-refractivity contribution in [3.8, 4) is 0 Å². The van der Waals surface area contributed by atoms with Gasteiger partial charge in [-0.15, -0.1) is 0 Å². The zero-order chi connectivity index (χ0) is 9.10. The standard InChI is InChI=1S/C10H17NO2/c12-10(6-9-7-13-8-9)11-4-2-1-3-5-11/h9H,1-8H2. The van der Waals surface area contributed by atoms with Gasteiger partial charge in [-0.2, -0.15) is 0 Å². The number of carbonyl (C=O) groups is 1. The summed E-state index contributed by atoms with van der Waals surface area (Å²) in [6, 6.07) is 0. The molecule has 0 aliphatic carbocycles. The zero-order valence-corrected chi connectivity index (χ0v) is 8.00. The summed E-state index contributed by atoms with van der Waals surface area (Å²) in [5.41, 5.74) is 0. The third-order valence-electron chi connectivity index (χ3n) is 2.88. The number of carbonyl (C=O) groups excluding carboxylic acids is 1. The number of ether oxygens (including phenoxy) is 1. The van der Waals surface area contributed by atoms with Gasteiger partial charge in [-0.1, -0.05) is 0 Å². The first kappa shape index (κ1) is 9.00. The lowest BCUT2D eigenvalue weighted by Gasteiger charge is -2.31. The Hall–Kier alpha value is -0.570. The minimum absolute atomic E-state index is 0.341. The van der Waals surface area contributed by atoms with Gasteiger partial charge < -0.3 is 9.64 Å². The van der Waals surface area contributed by atoms with Crippen molar-refractivity contribution in [3.05, 3.63) is 0 Å². The van der Waals surface area contributed by atoms with Gasteiger partial charge in [0.1, 0.15) is 0 Å². The largest absolute Gasteiger partial charge is 0.381 e. The Kier molecular flexibility index (Phi) is 2.83. The second-order valence-corrected chi connectivity index (χ2v) is 4.05. The number of hydrogen-bond donors (Lipinski definition) is 0. The summed E-state index contributed by atoms with van der Waals surface area (Å²) >= 11 is 0. The predicted octanol–water partition coefficient (Wildman–Crippen LogP) is 1.04. The Morgan fingerprint density at radius 1 is 1.23 bits per heavy atom. The summed E-state index contributed by atoms with van der Waals surface area (Å²) in [5.74, 6) is 0.849. The highest BCUT2D eigenvalue weighted by molar-refractivity contribution is 5.76. The molecule has 0 saturated carbocycles. The maximum absolute atomic E-state index is 11.7. The second kappa shape index (κ2) is 4.09. The van der Waals surface area contributed by atoms with E-state index in [1.54, 1.807) is 0 Å². The molecule has 2 aliphatic heterocycles. The van der Waals surface area contributed by atoms with E-state index in [0.717, 1.165) is 26.3 Å². The van der Waals surface area contributed by atoms with E-state index in [9.17, 15) is 4.79 Å². The summed E-state index contributed by atoms with van der Waals surface area (Å²) in [7, 11) is 0. The molecule has 3 nitrogen and oxygen atoms in total. The number of nitrogens with zero attached hydrogens (tertiary/aromatic N) is 1. The van der Waals surface area contributed by atoms with Crippen LogP contribution in [-0.2, 0) is 9.53 Å². The molecule has 0 unspecified atom stereocenters. The molecule has 0 aromatic heterocycles. The molecule has 2 rings (SSSR count). The average Bonchev–Trinajstić information content (AvgIpc) is 2.12. The Labute approximate surface area is 79.0 Å². The fraction of sp³-hybridized carbons (Fsp3) is 0.900. The Morgan fingerprint density at radius 3 is 2.46 bits per heavy atom. The highest BCUT2D eigenvalue weighted by atomic mass is 16.5. The molecule has 0 radical (unpaired) electrons. The third-order valence-corrected chi connectivity index (χ3v) is 2.88. The van der Waals surface area contributed by atoms with Crippen molar-refractivity contribution in [2.75, 3.05) is 26.3 Å². The smallest absolute Gasteiger partial charge is 0.223 e. The number of likely N-dealkylation sites (tertiary alicyclic amines) is 1. The number of piperidine rings is 1. The van der Waals surface area contributed by atoms with Crippen molar-refractivity contribution < 1.29 is 9.53 Å². The molecule has 13 heavy (non-hydrogen) atoms. The van der Waals surface area contributed by atoms with Gasteiger partial charge in [0.05, 0.1) is 13.2 Å². The molecule has 74 valence electrons. The van der Waals surface area contributed by atoms with E-state index in [0.29, 0.717) is 18.2 Å². The molecule has 0 aromatic rings. The molecule has 1 amide bonds. The van der Waals surface area contributed by atoms with Crippen LogP contribution in [-0.4, -0.2) is 37.1 Å². The molecule has 2 fully saturated rings. The predicted molar refractivity (Wildman–Crippen MR) is 49.4 cm³/mol. The lowest BCUT2D eigenvalue weighted by molar-refractivity contribution is -0.137. The van der Waals surface area contributed by atoms with Crippen molar-refractivity contribution in [1.82, 2.24) is 4.90 Å². The van der Waals surface area contributed by atoms with E-state index in [2.05, 4.69) is 0 Å². The van der Waals surface area contributed by atoms with Crippen LogP contribution in [0.4, 0.5) is 0 Å². The lowest BCUT2D eigenvalue weighted by Crippen LogP contribution is -2.39. The summed E-state index contributed by atoms with van der Waals surface area (Å²) in [5, 5.41) is 0. The minimum atomic E-state index is 0.341. The fourth-order valence-electron chi connectivity index (χ4n) is 1.92.